The van der Waals surface area contributed by atoms with Gasteiger partial charge in [0, 0.05) is 6.42 Å². The summed E-state index contributed by atoms with van der Waals surface area (Å²) >= 11 is 0. The maximum absolute atomic E-state index is 11.7. The Morgan fingerprint density at radius 2 is 0.971 bits per heavy atom. The van der Waals surface area contributed by atoms with Gasteiger partial charge < -0.3 is 24.8 Å². The van der Waals surface area contributed by atoms with Crippen molar-refractivity contribution in [3.63, 3.8) is 0 Å². The third kappa shape index (κ3) is 23.8. The summed E-state index contributed by atoms with van der Waals surface area (Å²) in [4.78, 5) is 33.5. The molecular formula is C27H50O8. The van der Waals surface area contributed by atoms with Crippen LogP contribution in [-0.2, 0) is 23.9 Å². The lowest BCUT2D eigenvalue weighted by atomic mass is 10.0. The fraction of sp³-hybridized carbons (Fsp3) is 0.889. The van der Waals surface area contributed by atoms with Gasteiger partial charge >= 0.3 is 17.9 Å². The van der Waals surface area contributed by atoms with Gasteiger partial charge in [0.2, 0.25) is 0 Å². The molecule has 8 nitrogen and oxygen atoms in total. The first-order valence-corrected chi connectivity index (χ1v) is 13.8. The predicted molar refractivity (Wildman–Crippen MR) is 135 cm³/mol. The minimum absolute atomic E-state index is 0.288. The predicted octanol–water partition coefficient (Wildman–Crippen LogP) is 5.31. The van der Waals surface area contributed by atoms with Crippen molar-refractivity contribution in [3.8, 4) is 0 Å². The van der Waals surface area contributed by atoms with Gasteiger partial charge in [-0.05, 0) is 6.42 Å². The molecule has 2 unspecified atom stereocenters. The van der Waals surface area contributed by atoms with E-state index in [0.717, 1.165) is 19.3 Å². The van der Waals surface area contributed by atoms with Gasteiger partial charge in [0.1, 0.15) is 19.3 Å². The second-order valence-corrected chi connectivity index (χ2v) is 9.48. The third-order valence-corrected chi connectivity index (χ3v) is 6.00. The molecule has 3 N–H and O–H groups in total. The Labute approximate surface area is 211 Å². The lowest BCUT2D eigenvalue weighted by Crippen LogP contribution is -2.28. The molecule has 8 heteroatoms. The first-order valence-electron chi connectivity index (χ1n) is 13.8. The highest BCUT2D eigenvalue weighted by molar-refractivity contribution is 5.80. The summed E-state index contributed by atoms with van der Waals surface area (Å²) in [5, 5.41) is 27.2. The number of unbranched alkanes of at least 4 members (excludes halogenated alkanes) is 16. The number of hydrogen-bond donors (Lipinski definition) is 3. The van der Waals surface area contributed by atoms with Crippen LogP contribution in [0.1, 0.15) is 129 Å². The number of rotatable bonds is 25. The zero-order chi connectivity index (χ0) is 26.2. The molecule has 0 spiro atoms. The van der Waals surface area contributed by atoms with E-state index in [-0.39, 0.29) is 13.0 Å². The van der Waals surface area contributed by atoms with Crippen molar-refractivity contribution in [3.05, 3.63) is 0 Å². The van der Waals surface area contributed by atoms with Crippen LogP contribution in [0.5, 0.6) is 0 Å². The minimum atomic E-state index is -1.85. The standard InChI is InChI=1S/C27H50O8/c1-2-3-4-5-6-7-8-9-10-11-12-13-14-15-16-17-18-19-25(30)34-21-23(28)22-35-26(31)20-24(29)27(32)33/h23-24,28-29H,2-22H2,1H3,(H,32,33). The molecule has 2 atom stereocenters. The quantitative estimate of drug-likeness (QED) is 0.113. The number of ether oxygens (including phenoxy) is 2. The monoisotopic (exact) mass is 502 g/mol. The SMILES string of the molecule is CCCCCCCCCCCCCCCCCCCC(=O)OCC(O)COC(=O)CC(O)C(=O)O. The highest BCUT2D eigenvalue weighted by Gasteiger charge is 2.20. The van der Waals surface area contributed by atoms with Crippen LogP contribution >= 0.6 is 0 Å². The molecule has 0 amide bonds. The van der Waals surface area contributed by atoms with Gasteiger partial charge in [-0.1, -0.05) is 110 Å². The van der Waals surface area contributed by atoms with E-state index in [0.29, 0.717) is 0 Å². The van der Waals surface area contributed by atoms with Gasteiger partial charge in [-0.2, -0.15) is 0 Å². The van der Waals surface area contributed by atoms with Gasteiger partial charge in [-0.15, -0.1) is 0 Å². The molecule has 0 aliphatic rings. The van der Waals surface area contributed by atoms with Gasteiger partial charge in [0.15, 0.2) is 6.10 Å². The lowest BCUT2D eigenvalue weighted by molar-refractivity contribution is -0.159. The van der Waals surface area contributed by atoms with Crippen molar-refractivity contribution in [1.29, 1.82) is 0 Å². The van der Waals surface area contributed by atoms with E-state index in [1.54, 1.807) is 0 Å². The molecule has 0 bridgehead atoms. The van der Waals surface area contributed by atoms with Crippen LogP contribution in [0.25, 0.3) is 0 Å². The number of aliphatic carboxylic acids is 1. The average molecular weight is 503 g/mol. The molecule has 0 aromatic carbocycles. The highest BCUT2D eigenvalue weighted by Crippen LogP contribution is 2.14. The molecule has 0 heterocycles. The summed E-state index contributed by atoms with van der Waals surface area (Å²) in [6.45, 7) is 1.53. The van der Waals surface area contributed by atoms with E-state index in [2.05, 4.69) is 11.7 Å². The zero-order valence-electron chi connectivity index (χ0n) is 21.9. The Morgan fingerprint density at radius 1 is 0.600 bits per heavy atom. The van der Waals surface area contributed by atoms with Crippen molar-refractivity contribution in [2.24, 2.45) is 0 Å². The number of carbonyl (C=O) groups is 3. The number of hydrogen-bond acceptors (Lipinski definition) is 7. The Kier molecular flexibility index (Phi) is 22.9. The molecule has 0 aromatic rings. The van der Waals surface area contributed by atoms with Crippen molar-refractivity contribution in [2.75, 3.05) is 13.2 Å². The summed E-state index contributed by atoms with van der Waals surface area (Å²) in [6, 6.07) is 0. The number of aliphatic hydroxyl groups excluding tert-OH is 2. The van der Waals surface area contributed by atoms with Crippen molar-refractivity contribution < 1.29 is 39.2 Å². The molecular weight excluding hydrogens is 452 g/mol. The molecule has 0 aromatic heterocycles. The van der Waals surface area contributed by atoms with E-state index in [9.17, 15) is 19.5 Å². The fourth-order valence-electron chi connectivity index (χ4n) is 3.80. The normalized spacial score (nSPS) is 12.8. The van der Waals surface area contributed by atoms with Gasteiger partial charge in [-0.3, -0.25) is 9.59 Å². The molecule has 0 aliphatic heterocycles. The zero-order valence-corrected chi connectivity index (χ0v) is 21.9. The van der Waals surface area contributed by atoms with Crippen molar-refractivity contribution >= 4 is 17.9 Å². The topological polar surface area (TPSA) is 130 Å². The Hall–Kier alpha value is -1.67. The van der Waals surface area contributed by atoms with Crippen LogP contribution in [0, 0.1) is 0 Å². The summed E-state index contributed by atoms with van der Waals surface area (Å²) in [5.74, 6) is -2.88. The van der Waals surface area contributed by atoms with Crippen LogP contribution < -0.4 is 0 Å². The average Bonchev–Trinajstić information content (AvgIpc) is 2.83. The van der Waals surface area contributed by atoms with Crippen LogP contribution in [-0.4, -0.2) is 58.6 Å². The minimum Gasteiger partial charge on any atom is -0.479 e. The van der Waals surface area contributed by atoms with Crippen LogP contribution in [0.15, 0.2) is 0 Å². The number of carboxylic acid groups (broad SMARTS) is 1. The largest absolute Gasteiger partial charge is 0.479 e. The van der Waals surface area contributed by atoms with E-state index >= 15 is 0 Å². The molecule has 0 radical (unpaired) electrons. The lowest BCUT2D eigenvalue weighted by Gasteiger charge is -2.12. The summed E-state index contributed by atoms with van der Waals surface area (Å²) < 4.78 is 9.61. The molecule has 0 saturated carbocycles. The van der Waals surface area contributed by atoms with Gasteiger partial charge in [0.05, 0.1) is 6.42 Å². The molecule has 206 valence electrons. The smallest absolute Gasteiger partial charge is 0.333 e. The molecule has 0 rings (SSSR count). The summed E-state index contributed by atoms with van der Waals surface area (Å²) in [5.41, 5.74) is 0. The van der Waals surface area contributed by atoms with Crippen molar-refractivity contribution in [2.45, 2.75) is 141 Å². The Bertz CT molecular complexity index is 537. The van der Waals surface area contributed by atoms with E-state index < -0.39 is 43.1 Å². The molecule has 0 saturated heterocycles. The van der Waals surface area contributed by atoms with Gasteiger partial charge in [-0.25, -0.2) is 4.79 Å². The number of carboxylic acids is 1. The van der Waals surface area contributed by atoms with Crippen molar-refractivity contribution in [1.82, 2.24) is 0 Å². The van der Waals surface area contributed by atoms with Gasteiger partial charge in [0.25, 0.3) is 0 Å². The van der Waals surface area contributed by atoms with E-state index in [4.69, 9.17) is 14.9 Å². The second-order valence-electron chi connectivity index (χ2n) is 9.48. The molecule has 0 aliphatic carbocycles. The van der Waals surface area contributed by atoms with E-state index in [1.807, 2.05) is 0 Å². The summed E-state index contributed by atoms with van der Waals surface area (Å²) in [6.07, 6.45) is 18.2. The first-order chi connectivity index (χ1) is 16.9. The fourth-order valence-corrected chi connectivity index (χ4v) is 3.80. The number of aliphatic hydroxyl groups is 2. The maximum atomic E-state index is 11.7. The first kappa shape index (κ1) is 33.3. The maximum Gasteiger partial charge on any atom is 0.333 e. The molecule has 35 heavy (non-hydrogen) atoms. The Morgan fingerprint density at radius 3 is 1.37 bits per heavy atom. The summed E-state index contributed by atoms with van der Waals surface area (Å²) in [7, 11) is 0. The van der Waals surface area contributed by atoms with E-state index in [1.165, 1.54) is 89.9 Å². The van der Waals surface area contributed by atoms with Crippen LogP contribution in [0.4, 0.5) is 0 Å². The van der Waals surface area contributed by atoms with Crippen LogP contribution in [0.2, 0.25) is 0 Å². The molecule has 0 fully saturated rings. The second kappa shape index (κ2) is 24.0. The third-order valence-electron chi connectivity index (χ3n) is 6.00. The highest BCUT2D eigenvalue weighted by atomic mass is 16.6. The van der Waals surface area contributed by atoms with Crippen LogP contribution in [0.3, 0.4) is 0 Å². The number of esters is 2. The number of carbonyl (C=O) groups excluding carboxylic acids is 2. The Balaban J connectivity index is 3.40.